The van der Waals surface area contributed by atoms with E-state index in [4.69, 9.17) is 0 Å². The molecule has 0 atom stereocenters. The van der Waals surface area contributed by atoms with Crippen molar-refractivity contribution in [3.63, 3.8) is 0 Å². The van der Waals surface area contributed by atoms with Gasteiger partial charge < -0.3 is 9.30 Å². The molecule has 0 saturated heterocycles. The topological polar surface area (TPSA) is 65.6 Å². The Morgan fingerprint density at radius 3 is 2.89 bits per heavy atom. The van der Waals surface area contributed by atoms with Gasteiger partial charge in [-0.2, -0.15) is 5.10 Å². The number of aryl methyl sites for hydroxylation is 1. The standard InChI is InChI=1S/C13H15N3O3/c1-9(13(18)19-3)4-5-15-6-7-16-11(12(15)17)8-10(2)14-16/h4,6-8H,5H2,1-3H3/b9-4+. The molecule has 0 radical (unpaired) electrons. The Kier molecular flexibility index (Phi) is 3.50. The number of carbonyl (C=O) groups excluding carboxylic acids is 1. The van der Waals surface area contributed by atoms with E-state index in [1.807, 2.05) is 6.92 Å². The quantitative estimate of drug-likeness (QED) is 0.609. The maximum atomic E-state index is 12.2. The summed E-state index contributed by atoms with van der Waals surface area (Å²) in [5, 5.41) is 4.17. The van der Waals surface area contributed by atoms with Gasteiger partial charge in [-0.3, -0.25) is 4.79 Å². The Labute approximate surface area is 109 Å². The normalized spacial score (nSPS) is 11.8. The van der Waals surface area contributed by atoms with Gasteiger partial charge in [0.15, 0.2) is 0 Å². The Morgan fingerprint density at radius 2 is 2.21 bits per heavy atom. The smallest absolute Gasteiger partial charge is 0.333 e. The highest BCUT2D eigenvalue weighted by molar-refractivity contribution is 5.87. The van der Waals surface area contributed by atoms with E-state index >= 15 is 0 Å². The molecular formula is C13H15N3O3. The third kappa shape index (κ3) is 2.57. The largest absolute Gasteiger partial charge is 0.466 e. The van der Waals surface area contributed by atoms with Gasteiger partial charge in [0.1, 0.15) is 5.52 Å². The van der Waals surface area contributed by atoms with Crippen LogP contribution in [0.1, 0.15) is 12.6 Å². The first-order chi connectivity index (χ1) is 9.02. The van der Waals surface area contributed by atoms with Crippen molar-refractivity contribution in [3.05, 3.63) is 46.2 Å². The molecule has 0 aliphatic heterocycles. The van der Waals surface area contributed by atoms with Crippen LogP contribution in [0.4, 0.5) is 0 Å². The van der Waals surface area contributed by atoms with Crippen LogP contribution in [0.3, 0.4) is 0 Å². The molecule has 2 aromatic heterocycles. The van der Waals surface area contributed by atoms with Crippen LogP contribution in [0.2, 0.25) is 0 Å². The number of hydrogen-bond donors (Lipinski definition) is 0. The molecule has 0 amide bonds. The highest BCUT2D eigenvalue weighted by Gasteiger charge is 2.06. The number of methoxy groups -OCH3 is 1. The molecule has 0 bridgehead atoms. The lowest BCUT2D eigenvalue weighted by Crippen LogP contribution is -2.21. The van der Waals surface area contributed by atoms with Crippen LogP contribution in [-0.4, -0.2) is 27.3 Å². The van der Waals surface area contributed by atoms with Crippen LogP contribution in [-0.2, 0) is 16.1 Å². The van der Waals surface area contributed by atoms with Gasteiger partial charge in [0, 0.05) is 24.5 Å². The molecule has 0 unspecified atom stereocenters. The fraction of sp³-hybridized carbons (Fsp3) is 0.308. The minimum atomic E-state index is -0.394. The van der Waals surface area contributed by atoms with E-state index in [0.29, 0.717) is 17.6 Å². The maximum absolute atomic E-state index is 12.2. The maximum Gasteiger partial charge on any atom is 0.333 e. The zero-order valence-electron chi connectivity index (χ0n) is 11.1. The van der Waals surface area contributed by atoms with Gasteiger partial charge in [0.05, 0.1) is 12.8 Å². The number of nitrogens with zero attached hydrogens (tertiary/aromatic N) is 3. The van der Waals surface area contributed by atoms with Gasteiger partial charge in [0.2, 0.25) is 0 Å². The number of hydrogen-bond acceptors (Lipinski definition) is 4. The molecule has 2 heterocycles. The zero-order valence-corrected chi connectivity index (χ0v) is 11.1. The summed E-state index contributed by atoms with van der Waals surface area (Å²) in [5.74, 6) is -0.394. The molecule has 6 heteroatoms. The molecule has 0 fully saturated rings. The van der Waals surface area contributed by atoms with Crippen LogP contribution >= 0.6 is 0 Å². The van der Waals surface area contributed by atoms with Crippen molar-refractivity contribution < 1.29 is 9.53 Å². The van der Waals surface area contributed by atoms with Gasteiger partial charge in [0.25, 0.3) is 5.56 Å². The number of aromatic nitrogens is 3. The molecule has 6 nitrogen and oxygen atoms in total. The number of carbonyl (C=O) groups is 1. The molecule has 0 N–H and O–H groups in total. The minimum Gasteiger partial charge on any atom is -0.466 e. The van der Waals surface area contributed by atoms with Crippen molar-refractivity contribution in [1.29, 1.82) is 0 Å². The van der Waals surface area contributed by atoms with Gasteiger partial charge in [-0.25, -0.2) is 9.31 Å². The lowest BCUT2D eigenvalue weighted by atomic mass is 10.3. The highest BCUT2D eigenvalue weighted by Crippen LogP contribution is 2.01. The molecule has 0 aliphatic rings. The average Bonchev–Trinajstić information content (AvgIpc) is 2.78. The van der Waals surface area contributed by atoms with E-state index in [0.717, 1.165) is 5.69 Å². The molecule has 19 heavy (non-hydrogen) atoms. The number of ether oxygens (including phenoxy) is 1. The third-order valence-electron chi connectivity index (χ3n) is 2.83. The predicted molar refractivity (Wildman–Crippen MR) is 70.0 cm³/mol. The first kappa shape index (κ1) is 13.1. The zero-order chi connectivity index (χ0) is 14.0. The first-order valence-electron chi connectivity index (χ1n) is 5.83. The van der Waals surface area contributed by atoms with Crippen LogP contribution < -0.4 is 5.56 Å². The lowest BCUT2D eigenvalue weighted by Gasteiger charge is -2.03. The van der Waals surface area contributed by atoms with E-state index in [-0.39, 0.29) is 5.56 Å². The summed E-state index contributed by atoms with van der Waals surface area (Å²) in [7, 11) is 1.33. The van der Waals surface area contributed by atoms with Crippen LogP contribution in [0.15, 0.2) is 34.9 Å². The number of esters is 1. The van der Waals surface area contributed by atoms with Crippen LogP contribution in [0.25, 0.3) is 5.52 Å². The van der Waals surface area contributed by atoms with Crippen molar-refractivity contribution in [3.8, 4) is 0 Å². The van der Waals surface area contributed by atoms with Crippen LogP contribution in [0, 0.1) is 6.92 Å². The molecule has 100 valence electrons. The molecule has 2 rings (SSSR count). The fourth-order valence-corrected chi connectivity index (χ4v) is 1.77. The Balaban J connectivity index is 2.34. The van der Waals surface area contributed by atoms with E-state index in [9.17, 15) is 9.59 Å². The molecule has 0 spiro atoms. The molecule has 2 aromatic rings. The van der Waals surface area contributed by atoms with Crippen molar-refractivity contribution in [2.75, 3.05) is 7.11 Å². The summed E-state index contributed by atoms with van der Waals surface area (Å²) in [6, 6.07) is 1.73. The van der Waals surface area contributed by atoms with E-state index in [2.05, 4.69) is 9.84 Å². The van der Waals surface area contributed by atoms with Gasteiger partial charge in [-0.05, 0) is 19.9 Å². The summed E-state index contributed by atoms with van der Waals surface area (Å²) in [6.07, 6.45) is 5.01. The van der Waals surface area contributed by atoms with E-state index in [1.165, 1.54) is 11.7 Å². The van der Waals surface area contributed by atoms with Crippen molar-refractivity contribution in [1.82, 2.24) is 14.2 Å². The van der Waals surface area contributed by atoms with Gasteiger partial charge >= 0.3 is 5.97 Å². The summed E-state index contributed by atoms with van der Waals surface area (Å²) in [6.45, 7) is 3.80. The number of rotatable bonds is 3. The number of fused-ring (bicyclic) bond motifs is 1. The second-order valence-corrected chi connectivity index (χ2v) is 4.25. The Morgan fingerprint density at radius 1 is 1.47 bits per heavy atom. The highest BCUT2D eigenvalue weighted by atomic mass is 16.5. The van der Waals surface area contributed by atoms with Crippen LogP contribution in [0.5, 0.6) is 0 Å². The predicted octanol–water partition coefficient (Wildman–Crippen LogP) is 0.924. The molecule has 0 aliphatic carbocycles. The second kappa shape index (κ2) is 5.09. The second-order valence-electron chi connectivity index (χ2n) is 4.25. The van der Waals surface area contributed by atoms with Crippen molar-refractivity contribution in [2.24, 2.45) is 0 Å². The van der Waals surface area contributed by atoms with Crippen molar-refractivity contribution in [2.45, 2.75) is 20.4 Å². The summed E-state index contributed by atoms with van der Waals surface area (Å²) in [4.78, 5) is 23.4. The van der Waals surface area contributed by atoms with Gasteiger partial charge in [-0.1, -0.05) is 6.08 Å². The SMILES string of the molecule is COC(=O)/C(C)=C/Cn1ccn2nc(C)cc2c1=O. The van der Waals surface area contributed by atoms with Crippen molar-refractivity contribution >= 4 is 11.5 Å². The van der Waals surface area contributed by atoms with E-state index in [1.54, 1.807) is 36.0 Å². The molecule has 0 saturated carbocycles. The number of allylic oxidation sites excluding steroid dienone is 1. The average molecular weight is 261 g/mol. The Hall–Kier alpha value is -2.37. The van der Waals surface area contributed by atoms with Gasteiger partial charge in [-0.15, -0.1) is 0 Å². The lowest BCUT2D eigenvalue weighted by molar-refractivity contribution is -0.136. The monoisotopic (exact) mass is 261 g/mol. The fourth-order valence-electron chi connectivity index (χ4n) is 1.77. The molecule has 0 aromatic carbocycles. The first-order valence-corrected chi connectivity index (χ1v) is 5.83. The van der Waals surface area contributed by atoms with E-state index < -0.39 is 5.97 Å². The summed E-state index contributed by atoms with van der Waals surface area (Å²) in [5.41, 5.74) is 1.64. The summed E-state index contributed by atoms with van der Waals surface area (Å²) >= 11 is 0. The summed E-state index contributed by atoms with van der Waals surface area (Å²) < 4.78 is 7.66. The Bertz CT molecular complexity index is 709. The third-order valence-corrected chi connectivity index (χ3v) is 2.83. The minimum absolute atomic E-state index is 0.142. The molecular weight excluding hydrogens is 246 g/mol.